The molecule has 162 valence electrons. The van der Waals surface area contributed by atoms with Crippen molar-refractivity contribution in [2.75, 3.05) is 0 Å². The lowest BCUT2D eigenvalue weighted by molar-refractivity contribution is 0.115. The fraction of sp³-hybridized carbons (Fsp3) is 0.222. The molecule has 4 heterocycles. The van der Waals surface area contributed by atoms with Crippen molar-refractivity contribution in [3.63, 3.8) is 0 Å². The Morgan fingerprint density at radius 2 is 1.29 bits per heavy atom. The molecule has 0 spiro atoms. The van der Waals surface area contributed by atoms with Gasteiger partial charge in [0.2, 0.25) is 11.8 Å². The minimum atomic E-state index is -2.75. The Morgan fingerprint density at radius 1 is 0.774 bits per heavy atom. The van der Waals surface area contributed by atoms with Gasteiger partial charge in [-0.05, 0) is 31.2 Å². The second-order valence-corrected chi connectivity index (χ2v) is 6.41. The van der Waals surface area contributed by atoms with Crippen LogP contribution in [0.5, 0.6) is 0 Å². The van der Waals surface area contributed by atoms with Crippen LogP contribution >= 0.6 is 15.9 Å². The number of hydrogen-bond acceptors (Lipinski definition) is 8. The molecule has 0 amide bonds. The maximum Gasteiger partial charge on any atom is 0.314 e. The minimum Gasteiger partial charge on any atom is -0.415 e. The molecule has 4 rings (SSSR count). The lowest BCUT2D eigenvalue weighted by Crippen LogP contribution is -1.85. The Kier molecular flexibility index (Phi) is 7.39. The van der Waals surface area contributed by atoms with Gasteiger partial charge in [-0.15, -0.1) is 20.4 Å². The summed E-state index contributed by atoms with van der Waals surface area (Å²) in [6.45, 7) is 1.82. The third kappa shape index (κ3) is 5.90. The molecule has 0 aromatic carbocycles. The molecule has 0 aliphatic carbocycles. The number of rotatable bonds is 5. The highest BCUT2D eigenvalue weighted by atomic mass is 79.9. The second kappa shape index (κ2) is 10.2. The van der Waals surface area contributed by atoms with Crippen molar-refractivity contribution < 1.29 is 26.4 Å². The maximum absolute atomic E-state index is 12.2. The topological polar surface area (TPSA) is 104 Å². The highest BCUT2D eigenvalue weighted by Crippen LogP contribution is 2.23. The van der Waals surface area contributed by atoms with Gasteiger partial charge in [-0.3, -0.25) is 9.97 Å². The lowest BCUT2D eigenvalue weighted by Gasteiger charge is -1.96. The average Bonchev–Trinajstić information content (AvgIpc) is 3.45. The van der Waals surface area contributed by atoms with Gasteiger partial charge in [0.05, 0.1) is 16.8 Å². The first-order chi connectivity index (χ1) is 14.9. The monoisotopic (exact) mass is 500 g/mol. The first kappa shape index (κ1) is 22.5. The molecule has 8 nitrogen and oxygen atoms in total. The summed E-state index contributed by atoms with van der Waals surface area (Å²) < 4.78 is 58.2. The van der Waals surface area contributed by atoms with Crippen LogP contribution in [0.25, 0.3) is 22.9 Å². The summed E-state index contributed by atoms with van der Waals surface area (Å²) in [6.07, 6.45) is -2.50. The summed E-state index contributed by atoms with van der Waals surface area (Å²) in [4.78, 5) is 8.06. The largest absolute Gasteiger partial charge is 0.415 e. The maximum atomic E-state index is 12.2. The molecule has 0 bridgehead atoms. The molecular formula is C18H13BrF4N6O2. The first-order valence-corrected chi connectivity index (χ1v) is 9.67. The highest BCUT2D eigenvalue weighted by Gasteiger charge is 2.17. The van der Waals surface area contributed by atoms with E-state index in [-0.39, 0.29) is 11.8 Å². The van der Waals surface area contributed by atoms with Gasteiger partial charge in [-0.2, -0.15) is 17.6 Å². The van der Waals surface area contributed by atoms with Crippen molar-refractivity contribution in [2.45, 2.75) is 25.1 Å². The third-order valence-electron chi connectivity index (χ3n) is 3.62. The van der Waals surface area contributed by atoms with Gasteiger partial charge in [-0.1, -0.05) is 15.9 Å². The quantitative estimate of drug-likeness (QED) is 0.267. The fourth-order valence-corrected chi connectivity index (χ4v) is 2.43. The normalized spacial score (nSPS) is 11.0. The van der Waals surface area contributed by atoms with Crippen molar-refractivity contribution in [3.8, 4) is 22.9 Å². The predicted molar refractivity (Wildman–Crippen MR) is 102 cm³/mol. The van der Waals surface area contributed by atoms with Gasteiger partial charge >= 0.3 is 12.9 Å². The molecule has 0 atom stereocenters. The summed E-state index contributed by atoms with van der Waals surface area (Å²) in [5, 5.41) is 14.1. The van der Waals surface area contributed by atoms with E-state index in [1.807, 2.05) is 6.92 Å². The van der Waals surface area contributed by atoms with Crippen LogP contribution < -0.4 is 0 Å². The van der Waals surface area contributed by atoms with Crippen molar-refractivity contribution in [2.24, 2.45) is 0 Å². The van der Waals surface area contributed by atoms with Gasteiger partial charge in [0.25, 0.3) is 11.8 Å². The van der Waals surface area contributed by atoms with Crippen LogP contribution in [-0.2, 0) is 5.33 Å². The van der Waals surface area contributed by atoms with Crippen LogP contribution in [0.4, 0.5) is 17.6 Å². The minimum absolute atomic E-state index is 0.0453. The van der Waals surface area contributed by atoms with Crippen LogP contribution in [0, 0.1) is 6.92 Å². The summed E-state index contributed by atoms with van der Waals surface area (Å²) in [5.74, 6) is -1.26. The molecule has 0 saturated carbocycles. The molecule has 0 N–H and O–H groups in total. The number of pyridine rings is 2. The van der Waals surface area contributed by atoms with Gasteiger partial charge in [0.1, 0.15) is 0 Å². The van der Waals surface area contributed by atoms with E-state index in [9.17, 15) is 17.6 Å². The predicted octanol–water partition coefficient (Wildman–Crippen LogP) is 5.34. The first-order valence-electron chi connectivity index (χ1n) is 8.54. The van der Waals surface area contributed by atoms with Gasteiger partial charge in [-0.25, -0.2) is 0 Å². The Morgan fingerprint density at radius 3 is 1.65 bits per heavy atom. The molecule has 31 heavy (non-hydrogen) atoms. The Balaban J connectivity index is 0.000000176. The zero-order valence-corrected chi connectivity index (χ0v) is 17.3. The number of hydrogen-bond donors (Lipinski definition) is 0. The number of nitrogens with zero attached hydrogens (tertiary/aromatic N) is 6. The molecule has 4 aromatic heterocycles. The van der Waals surface area contributed by atoms with Crippen LogP contribution in [-0.4, -0.2) is 30.4 Å². The lowest BCUT2D eigenvalue weighted by atomic mass is 10.2. The Bertz CT molecular complexity index is 1100. The van der Waals surface area contributed by atoms with E-state index in [4.69, 9.17) is 8.83 Å². The van der Waals surface area contributed by atoms with E-state index in [0.29, 0.717) is 16.5 Å². The second-order valence-electron chi connectivity index (χ2n) is 5.85. The van der Waals surface area contributed by atoms with E-state index in [1.165, 1.54) is 12.4 Å². The van der Waals surface area contributed by atoms with E-state index >= 15 is 0 Å². The van der Waals surface area contributed by atoms with E-state index in [2.05, 4.69) is 46.3 Å². The zero-order chi connectivity index (χ0) is 22.4. The molecule has 0 fully saturated rings. The highest BCUT2D eigenvalue weighted by molar-refractivity contribution is 9.08. The Hall–Kier alpha value is -3.22. The standard InChI is InChI=1S/C9H6BrF2N3O.C9H7F2N3O/c10-3-6-2-1-5(4-13-6)8-14-15-9(16-8)7(11)12;1-5-2-3-6(4-12-5)8-13-14-9(15-8)7(10)11/h1-2,4,7H,3H2;2-4,7H,1H3. The fourth-order valence-electron chi connectivity index (χ4n) is 2.10. The van der Waals surface area contributed by atoms with Crippen molar-refractivity contribution in [3.05, 3.63) is 59.8 Å². The summed E-state index contributed by atoms with van der Waals surface area (Å²) in [6, 6.07) is 6.86. The Labute approximate surface area is 180 Å². The number of aryl methyl sites for hydroxylation is 1. The van der Waals surface area contributed by atoms with E-state index in [1.54, 1.807) is 24.3 Å². The zero-order valence-electron chi connectivity index (χ0n) is 15.7. The SMILES string of the molecule is Cc1ccc(-c2nnc(C(F)F)o2)cn1.FC(F)c1nnc(-c2ccc(CBr)nc2)o1. The molecule has 0 aliphatic heterocycles. The van der Waals surface area contributed by atoms with Crippen molar-refractivity contribution in [1.82, 2.24) is 30.4 Å². The van der Waals surface area contributed by atoms with Crippen LogP contribution in [0.2, 0.25) is 0 Å². The van der Waals surface area contributed by atoms with Gasteiger partial charge in [0, 0.05) is 23.4 Å². The summed E-state index contributed by atoms with van der Waals surface area (Å²) >= 11 is 3.25. The molecule has 13 heteroatoms. The van der Waals surface area contributed by atoms with Gasteiger partial charge in [0.15, 0.2) is 0 Å². The molecule has 4 aromatic rings. The number of halogens is 5. The van der Waals surface area contributed by atoms with E-state index < -0.39 is 24.6 Å². The molecule has 0 radical (unpaired) electrons. The van der Waals surface area contributed by atoms with Crippen molar-refractivity contribution >= 4 is 15.9 Å². The van der Waals surface area contributed by atoms with Crippen LogP contribution in [0.1, 0.15) is 36.0 Å². The number of aromatic nitrogens is 6. The molecule has 0 unspecified atom stereocenters. The summed E-state index contributed by atoms with van der Waals surface area (Å²) in [5.41, 5.74) is 2.70. The molecule has 0 saturated heterocycles. The smallest absolute Gasteiger partial charge is 0.314 e. The molecule has 0 aliphatic rings. The van der Waals surface area contributed by atoms with Crippen LogP contribution in [0.3, 0.4) is 0 Å². The van der Waals surface area contributed by atoms with Crippen molar-refractivity contribution in [1.29, 1.82) is 0 Å². The summed E-state index contributed by atoms with van der Waals surface area (Å²) in [7, 11) is 0. The van der Waals surface area contributed by atoms with E-state index in [0.717, 1.165) is 11.4 Å². The average molecular weight is 501 g/mol. The molecular weight excluding hydrogens is 488 g/mol. The third-order valence-corrected chi connectivity index (χ3v) is 4.20. The van der Waals surface area contributed by atoms with Gasteiger partial charge < -0.3 is 8.83 Å². The number of alkyl halides is 5. The van der Waals surface area contributed by atoms with Crippen LogP contribution in [0.15, 0.2) is 45.5 Å².